The molecular formula is C25H26N2. The summed E-state index contributed by atoms with van der Waals surface area (Å²) >= 11 is 0. The van der Waals surface area contributed by atoms with E-state index in [1.807, 2.05) is 6.20 Å². The Kier molecular flexibility index (Phi) is 4.81. The van der Waals surface area contributed by atoms with Crippen LogP contribution in [0.15, 0.2) is 67.0 Å². The van der Waals surface area contributed by atoms with Gasteiger partial charge in [0.15, 0.2) is 0 Å². The van der Waals surface area contributed by atoms with Gasteiger partial charge in [-0.2, -0.15) is 0 Å². The highest BCUT2D eigenvalue weighted by Crippen LogP contribution is 2.31. The summed E-state index contributed by atoms with van der Waals surface area (Å²) in [6, 6.07) is 19.7. The summed E-state index contributed by atoms with van der Waals surface area (Å²) in [6.45, 7) is 6.64. The second kappa shape index (κ2) is 7.40. The van der Waals surface area contributed by atoms with Crippen molar-refractivity contribution in [2.75, 3.05) is 0 Å². The van der Waals surface area contributed by atoms with Crippen molar-refractivity contribution in [2.45, 2.75) is 40.0 Å². The number of hydrogen-bond donors (Lipinski definition) is 0. The zero-order valence-corrected chi connectivity index (χ0v) is 16.4. The van der Waals surface area contributed by atoms with Crippen molar-refractivity contribution >= 4 is 10.9 Å². The molecule has 2 heteroatoms. The van der Waals surface area contributed by atoms with E-state index in [0.717, 1.165) is 30.5 Å². The smallest absolute Gasteiger partial charge is 0.0715 e. The monoisotopic (exact) mass is 354 g/mol. The molecule has 0 bridgehead atoms. The highest BCUT2D eigenvalue weighted by molar-refractivity contribution is 5.86. The molecule has 0 amide bonds. The zero-order chi connectivity index (χ0) is 18.8. The SMILES string of the molecule is CCc1ccccc1-n1ccc2cc(-c3c(CC)cccc3CC)ncc21. The topological polar surface area (TPSA) is 17.8 Å². The number of para-hydroxylation sites is 1. The molecule has 0 unspecified atom stereocenters. The molecule has 0 aliphatic heterocycles. The Balaban J connectivity index is 1.87. The van der Waals surface area contributed by atoms with Gasteiger partial charge >= 0.3 is 0 Å². The fourth-order valence-corrected chi connectivity index (χ4v) is 4.00. The van der Waals surface area contributed by atoms with Gasteiger partial charge in [-0.3, -0.25) is 4.98 Å². The second-order valence-electron chi connectivity index (χ2n) is 6.95. The van der Waals surface area contributed by atoms with Crippen LogP contribution in [-0.2, 0) is 19.3 Å². The molecule has 0 aliphatic rings. The van der Waals surface area contributed by atoms with Gasteiger partial charge in [0.25, 0.3) is 0 Å². The molecule has 0 saturated heterocycles. The molecule has 0 N–H and O–H groups in total. The van der Waals surface area contributed by atoms with Crippen LogP contribution in [0.4, 0.5) is 0 Å². The molecule has 2 nitrogen and oxygen atoms in total. The van der Waals surface area contributed by atoms with Gasteiger partial charge in [0.1, 0.15) is 0 Å². The normalized spacial score (nSPS) is 11.2. The van der Waals surface area contributed by atoms with Gasteiger partial charge in [0, 0.05) is 22.8 Å². The number of pyridine rings is 1. The maximum Gasteiger partial charge on any atom is 0.0715 e. The molecule has 0 saturated carbocycles. The minimum absolute atomic E-state index is 1.02. The number of nitrogens with zero attached hydrogens (tertiary/aromatic N) is 2. The molecule has 136 valence electrons. The van der Waals surface area contributed by atoms with Crippen molar-refractivity contribution in [2.24, 2.45) is 0 Å². The van der Waals surface area contributed by atoms with Gasteiger partial charge in [-0.15, -0.1) is 0 Å². The summed E-state index contributed by atoms with van der Waals surface area (Å²) in [5.74, 6) is 0. The molecule has 0 fully saturated rings. The number of rotatable bonds is 5. The molecular weight excluding hydrogens is 328 g/mol. The number of aryl methyl sites for hydroxylation is 3. The average Bonchev–Trinajstić information content (AvgIpc) is 3.15. The predicted octanol–water partition coefficient (Wildman–Crippen LogP) is 6.38. The largest absolute Gasteiger partial charge is 0.315 e. The summed E-state index contributed by atoms with van der Waals surface area (Å²) in [7, 11) is 0. The summed E-state index contributed by atoms with van der Waals surface area (Å²) in [4.78, 5) is 4.89. The maximum atomic E-state index is 4.89. The lowest BCUT2D eigenvalue weighted by Crippen LogP contribution is -1.99. The van der Waals surface area contributed by atoms with Gasteiger partial charge < -0.3 is 4.57 Å². The van der Waals surface area contributed by atoms with E-state index < -0.39 is 0 Å². The van der Waals surface area contributed by atoms with Gasteiger partial charge in [-0.1, -0.05) is 57.2 Å². The summed E-state index contributed by atoms with van der Waals surface area (Å²) in [5.41, 5.74) is 8.89. The Morgan fingerprint density at radius 2 is 1.44 bits per heavy atom. The van der Waals surface area contributed by atoms with Crippen molar-refractivity contribution in [1.82, 2.24) is 9.55 Å². The highest BCUT2D eigenvalue weighted by Gasteiger charge is 2.13. The first-order valence-corrected chi connectivity index (χ1v) is 9.93. The molecule has 0 aliphatic carbocycles. The molecule has 2 aromatic carbocycles. The fraction of sp³-hybridized carbons (Fsp3) is 0.240. The molecule has 0 spiro atoms. The average molecular weight is 354 g/mol. The lowest BCUT2D eigenvalue weighted by Gasteiger charge is -2.14. The summed E-state index contributed by atoms with van der Waals surface area (Å²) in [6.07, 6.45) is 7.26. The highest BCUT2D eigenvalue weighted by atomic mass is 15.0. The first-order valence-electron chi connectivity index (χ1n) is 9.93. The third-order valence-electron chi connectivity index (χ3n) is 5.46. The second-order valence-corrected chi connectivity index (χ2v) is 6.95. The van der Waals surface area contributed by atoms with Gasteiger partial charge in [0.2, 0.25) is 0 Å². The minimum atomic E-state index is 1.02. The van der Waals surface area contributed by atoms with Crippen LogP contribution in [0.1, 0.15) is 37.5 Å². The lowest BCUT2D eigenvalue weighted by atomic mass is 9.94. The van der Waals surface area contributed by atoms with E-state index in [4.69, 9.17) is 4.98 Å². The molecule has 2 aromatic heterocycles. The van der Waals surface area contributed by atoms with E-state index in [1.165, 1.54) is 33.3 Å². The summed E-state index contributed by atoms with van der Waals surface area (Å²) < 4.78 is 2.26. The fourth-order valence-electron chi connectivity index (χ4n) is 4.00. The molecule has 4 aromatic rings. The van der Waals surface area contributed by atoms with Crippen molar-refractivity contribution in [3.63, 3.8) is 0 Å². The lowest BCUT2D eigenvalue weighted by molar-refractivity contribution is 1.04. The van der Waals surface area contributed by atoms with Crippen LogP contribution in [0.2, 0.25) is 0 Å². The quantitative estimate of drug-likeness (QED) is 0.406. The maximum absolute atomic E-state index is 4.89. The molecule has 0 radical (unpaired) electrons. The van der Waals surface area contributed by atoms with Crippen LogP contribution < -0.4 is 0 Å². The van der Waals surface area contributed by atoms with E-state index in [2.05, 4.69) is 86.1 Å². The third-order valence-corrected chi connectivity index (χ3v) is 5.46. The van der Waals surface area contributed by atoms with Crippen molar-refractivity contribution in [1.29, 1.82) is 0 Å². The number of hydrogen-bond acceptors (Lipinski definition) is 1. The Hall–Kier alpha value is -2.87. The zero-order valence-electron chi connectivity index (χ0n) is 16.4. The number of benzene rings is 2. The van der Waals surface area contributed by atoms with Gasteiger partial charge in [-0.05, 0) is 54.2 Å². The van der Waals surface area contributed by atoms with E-state index in [9.17, 15) is 0 Å². The van der Waals surface area contributed by atoms with Crippen molar-refractivity contribution in [3.05, 3.63) is 83.7 Å². The number of fused-ring (bicyclic) bond motifs is 1. The van der Waals surface area contributed by atoms with E-state index >= 15 is 0 Å². The van der Waals surface area contributed by atoms with Crippen LogP contribution >= 0.6 is 0 Å². The predicted molar refractivity (Wildman–Crippen MR) is 115 cm³/mol. The molecule has 0 atom stereocenters. The number of aromatic nitrogens is 2. The van der Waals surface area contributed by atoms with E-state index in [-0.39, 0.29) is 0 Å². The van der Waals surface area contributed by atoms with Crippen LogP contribution in [0.5, 0.6) is 0 Å². The minimum Gasteiger partial charge on any atom is -0.315 e. The first kappa shape index (κ1) is 17.5. The first-order chi connectivity index (χ1) is 13.3. The van der Waals surface area contributed by atoms with Crippen LogP contribution in [0, 0.1) is 0 Å². The summed E-state index contributed by atoms with van der Waals surface area (Å²) in [5, 5.41) is 1.24. The van der Waals surface area contributed by atoms with Gasteiger partial charge in [-0.25, -0.2) is 0 Å². The Morgan fingerprint density at radius 1 is 0.778 bits per heavy atom. The van der Waals surface area contributed by atoms with Crippen molar-refractivity contribution < 1.29 is 0 Å². The van der Waals surface area contributed by atoms with E-state index in [1.54, 1.807) is 0 Å². The van der Waals surface area contributed by atoms with Crippen molar-refractivity contribution in [3.8, 4) is 16.9 Å². The molecule has 4 rings (SSSR count). The van der Waals surface area contributed by atoms with Crippen LogP contribution in [0.25, 0.3) is 27.8 Å². The molecule has 2 heterocycles. The van der Waals surface area contributed by atoms with E-state index in [0.29, 0.717) is 0 Å². The standard InChI is InChI=1S/C25H26N2/c1-4-18-10-7-8-13-23(18)27-15-14-21-16-22(26-17-24(21)27)25-19(5-2)11-9-12-20(25)6-3/h7-17H,4-6H2,1-3H3. The van der Waals surface area contributed by atoms with Gasteiger partial charge in [0.05, 0.1) is 17.4 Å². The Morgan fingerprint density at radius 3 is 2.15 bits per heavy atom. The van der Waals surface area contributed by atoms with Crippen LogP contribution in [-0.4, -0.2) is 9.55 Å². The Bertz CT molecular complexity index is 1070. The Labute approximate surface area is 161 Å². The molecule has 27 heavy (non-hydrogen) atoms. The third kappa shape index (κ3) is 3.06. The van der Waals surface area contributed by atoms with Crippen LogP contribution in [0.3, 0.4) is 0 Å².